The van der Waals surface area contributed by atoms with E-state index in [-0.39, 0.29) is 5.92 Å². The molecule has 12 heavy (non-hydrogen) atoms. The second-order valence-electron chi connectivity index (χ2n) is 4.22. The van der Waals surface area contributed by atoms with Gasteiger partial charge in [-0.15, -0.1) is 0 Å². The number of aliphatic hydroxyl groups is 1. The van der Waals surface area contributed by atoms with Gasteiger partial charge in [-0.25, -0.2) is 0 Å². The molecule has 0 aromatic carbocycles. The van der Waals surface area contributed by atoms with Crippen molar-refractivity contribution in [2.75, 3.05) is 0 Å². The zero-order valence-corrected chi connectivity index (χ0v) is 7.79. The molecule has 1 rings (SSSR count). The molecule has 3 heteroatoms. The molecule has 0 aromatic rings. The van der Waals surface area contributed by atoms with E-state index in [0.29, 0.717) is 6.42 Å². The van der Waals surface area contributed by atoms with Crippen LogP contribution in [0.4, 0.5) is 0 Å². The highest BCUT2D eigenvalue weighted by atomic mass is 16.4. The Morgan fingerprint density at radius 2 is 2.00 bits per heavy atom. The van der Waals surface area contributed by atoms with Crippen LogP contribution in [0.3, 0.4) is 0 Å². The fourth-order valence-corrected chi connectivity index (χ4v) is 1.91. The van der Waals surface area contributed by atoms with Crippen LogP contribution in [0, 0.1) is 11.3 Å². The van der Waals surface area contributed by atoms with Gasteiger partial charge in [0.15, 0.2) is 0 Å². The molecule has 3 atom stereocenters. The van der Waals surface area contributed by atoms with Gasteiger partial charge in [0.1, 0.15) is 0 Å². The summed E-state index contributed by atoms with van der Waals surface area (Å²) in [6.07, 6.45) is 1.35. The Bertz CT molecular complexity index is 210. The molecule has 0 amide bonds. The monoisotopic (exact) mass is 172 g/mol. The van der Waals surface area contributed by atoms with Gasteiger partial charge in [0.05, 0.1) is 11.0 Å². The number of hydrogen-bond acceptors (Lipinski definition) is 2. The van der Waals surface area contributed by atoms with E-state index in [1.54, 1.807) is 13.8 Å². The summed E-state index contributed by atoms with van der Waals surface area (Å²) < 4.78 is 0. The number of carboxylic acid groups (broad SMARTS) is 1. The second kappa shape index (κ2) is 2.46. The quantitative estimate of drug-likeness (QED) is 0.626. The molecule has 1 aliphatic rings. The second-order valence-corrected chi connectivity index (χ2v) is 4.22. The highest BCUT2D eigenvalue weighted by Gasteiger charge is 2.56. The fourth-order valence-electron chi connectivity index (χ4n) is 1.91. The van der Waals surface area contributed by atoms with Gasteiger partial charge in [0.25, 0.3) is 0 Å². The SMILES string of the molecule is CC1CC[C@@](C)(C(=O)O)[C@@]1(C)O. The Morgan fingerprint density at radius 1 is 1.50 bits per heavy atom. The summed E-state index contributed by atoms with van der Waals surface area (Å²) in [4.78, 5) is 10.9. The maximum absolute atomic E-state index is 10.9. The van der Waals surface area contributed by atoms with Crippen molar-refractivity contribution in [2.45, 2.75) is 39.2 Å². The van der Waals surface area contributed by atoms with Crippen LogP contribution in [0.25, 0.3) is 0 Å². The molecule has 0 heterocycles. The van der Waals surface area contributed by atoms with E-state index in [1.165, 1.54) is 0 Å². The lowest BCUT2D eigenvalue weighted by Crippen LogP contribution is -2.47. The summed E-state index contributed by atoms with van der Waals surface area (Å²) in [7, 11) is 0. The normalized spacial score (nSPS) is 47.8. The van der Waals surface area contributed by atoms with Gasteiger partial charge in [-0.3, -0.25) is 4.79 Å². The lowest BCUT2D eigenvalue weighted by atomic mass is 9.74. The van der Waals surface area contributed by atoms with Crippen molar-refractivity contribution in [3.63, 3.8) is 0 Å². The number of carbonyl (C=O) groups is 1. The lowest BCUT2D eigenvalue weighted by molar-refractivity contribution is -0.163. The predicted molar refractivity (Wildman–Crippen MR) is 44.8 cm³/mol. The number of rotatable bonds is 1. The fraction of sp³-hybridized carbons (Fsp3) is 0.889. The molecular weight excluding hydrogens is 156 g/mol. The zero-order valence-electron chi connectivity index (χ0n) is 7.79. The van der Waals surface area contributed by atoms with Crippen molar-refractivity contribution >= 4 is 5.97 Å². The molecule has 1 fully saturated rings. The first-order valence-electron chi connectivity index (χ1n) is 4.28. The van der Waals surface area contributed by atoms with Crippen LogP contribution in [0.1, 0.15) is 33.6 Å². The molecule has 70 valence electrons. The number of hydrogen-bond donors (Lipinski definition) is 2. The van der Waals surface area contributed by atoms with E-state index in [9.17, 15) is 9.90 Å². The minimum atomic E-state index is -1.07. The van der Waals surface area contributed by atoms with Crippen molar-refractivity contribution in [3.05, 3.63) is 0 Å². The van der Waals surface area contributed by atoms with E-state index >= 15 is 0 Å². The van der Waals surface area contributed by atoms with E-state index in [0.717, 1.165) is 6.42 Å². The summed E-state index contributed by atoms with van der Waals surface area (Å²) in [6.45, 7) is 5.14. The highest BCUT2D eigenvalue weighted by molar-refractivity contribution is 5.76. The van der Waals surface area contributed by atoms with Crippen molar-refractivity contribution < 1.29 is 15.0 Å². The Kier molecular flexibility index (Phi) is 1.95. The molecule has 0 bridgehead atoms. The molecule has 0 spiro atoms. The number of carboxylic acids is 1. The third-order valence-corrected chi connectivity index (χ3v) is 3.63. The molecule has 2 N–H and O–H groups in total. The van der Waals surface area contributed by atoms with Crippen molar-refractivity contribution in [1.82, 2.24) is 0 Å². The summed E-state index contributed by atoms with van der Waals surface area (Å²) in [5.74, 6) is -0.824. The van der Waals surface area contributed by atoms with Crippen LogP contribution < -0.4 is 0 Å². The first-order chi connectivity index (χ1) is 5.32. The van der Waals surface area contributed by atoms with Gasteiger partial charge < -0.3 is 10.2 Å². The summed E-state index contributed by atoms with van der Waals surface area (Å²) >= 11 is 0. The van der Waals surface area contributed by atoms with Crippen molar-refractivity contribution in [2.24, 2.45) is 11.3 Å². The molecular formula is C9H16O3. The standard InChI is InChI=1S/C9H16O3/c1-6-4-5-8(2,7(10)11)9(6,3)12/h6,12H,4-5H2,1-3H3,(H,10,11)/t6?,8-,9-/m0/s1. The van der Waals surface area contributed by atoms with E-state index in [1.807, 2.05) is 6.92 Å². The lowest BCUT2D eigenvalue weighted by Gasteiger charge is -2.35. The third kappa shape index (κ3) is 0.959. The van der Waals surface area contributed by atoms with Crippen molar-refractivity contribution in [3.8, 4) is 0 Å². The van der Waals surface area contributed by atoms with Crippen LogP contribution >= 0.6 is 0 Å². The molecule has 1 unspecified atom stereocenters. The van der Waals surface area contributed by atoms with Crippen LogP contribution in [0.2, 0.25) is 0 Å². The molecule has 0 aromatic heterocycles. The van der Waals surface area contributed by atoms with Gasteiger partial charge in [-0.2, -0.15) is 0 Å². The molecule has 1 aliphatic carbocycles. The van der Waals surface area contributed by atoms with Crippen molar-refractivity contribution in [1.29, 1.82) is 0 Å². The summed E-state index contributed by atoms with van der Waals surface area (Å²) in [5, 5.41) is 18.9. The summed E-state index contributed by atoms with van der Waals surface area (Å²) in [6, 6.07) is 0. The Balaban J connectivity index is 3.01. The minimum Gasteiger partial charge on any atom is -0.481 e. The van der Waals surface area contributed by atoms with Crippen LogP contribution in [0.15, 0.2) is 0 Å². The average Bonchev–Trinajstić information content (AvgIpc) is 2.15. The van der Waals surface area contributed by atoms with E-state index < -0.39 is 17.0 Å². The summed E-state index contributed by atoms with van der Waals surface area (Å²) in [5.41, 5.74) is -2.04. The maximum Gasteiger partial charge on any atom is 0.312 e. The van der Waals surface area contributed by atoms with E-state index in [4.69, 9.17) is 5.11 Å². The van der Waals surface area contributed by atoms with Crippen LogP contribution in [0.5, 0.6) is 0 Å². The average molecular weight is 172 g/mol. The Hall–Kier alpha value is -0.570. The number of aliphatic carboxylic acids is 1. The molecule has 3 nitrogen and oxygen atoms in total. The Labute approximate surface area is 72.4 Å². The first kappa shape index (κ1) is 9.52. The predicted octanol–water partition coefficient (Wildman–Crippen LogP) is 1.26. The van der Waals surface area contributed by atoms with Crippen LogP contribution in [-0.4, -0.2) is 21.8 Å². The van der Waals surface area contributed by atoms with Gasteiger partial charge in [-0.05, 0) is 32.6 Å². The van der Waals surface area contributed by atoms with Crippen LogP contribution in [-0.2, 0) is 4.79 Å². The smallest absolute Gasteiger partial charge is 0.312 e. The van der Waals surface area contributed by atoms with Gasteiger partial charge >= 0.3 is 5.97 Å². The molecule has 0 radical (unpaired) electrons. The van der Waals surface area contributed by atoms with Gasteiger partial charge in [-0.1, -0.05) is 6.92 Å². The zero-order chi connectivity index (χ0) is 9.57. The van der Waals surface area contributed by atoms with Gasteiger partial charge in [0.2, 0.25) is 0 Å². The Morgan fingerprint density at radius 3 is 2.17 bits per heavy atom. The highest BCUT2D eigenvalue weighted by Crippen LogP contribution is 2.49. The minimum absolute atomic E-state index is 0.0681. The molecule has 0 saturated heterocycles. The van der Waals surface area contributed by atoms with Gasteiger partial charge in [0, 0.05) is 0 Å². The maximum atomic E-state index is 10.9. The van der Waals surface area contributed by atoms with E-state index in [2.05, 4.69) is 0 Å². The molecule has 1 saturated carbocycles. The molecule has 0 aliphatic heterocycles. The third-order valence-electron chi connectivity index (χ3n) is 3.63. The largest absolute Gasteiger partial charge is 0.481 e. The first-order valence-corrected chi connectivity index (χ1v) is 4.28. The topological polar surface area (TPSA) is 57.5 Å².